The van der Waals surface area contributed by atoms with Crippen LogP contribution in [0.25, 0.3) is 0 Å². The van der Waals surface area contributed by atoms with Crippen molar-refractivity contribution in [3.63, 3.8) is 0 Å². The molecule has 0 aromatic heterocycles. The number of allylic oxidation sites excluding steroid dienone is 1. The van der Waals surface area contributed by atoms with Gasteiger partial charge in [0.05, 0.1) is 18.8 Å². The molecule has 122 valence electrons. The van der Waals surface area contributed by atoms with E-state index in [1.54, 1.807) is 12.1 Å². The van der Waals surface area contributed by atoms with Crippen molar-refractivity contribution in [1.29, 1.82) is 10.7 Å². The highest BCUT2D eigenvalue weighted by atomic mass is 35.5. The summed E-state index contributed by atoms with van der Waals surface area (Å²) >= 11 is 6.06. The van der Waals surface area contributed by atoms with Crippen molar-refractivity contribution < 1.29 is 19.1 Å². The standard InChI is InChI=1S/C16H12ClN3O4/c1-7-12(14(21)23-2)16(10(6-18)13(19)24-7)9-5-8(17)3-4-11(9)20-15(16)22/h3-5,10,19H,1-2H3,(H,20,22). The predicted molar refractivity (Wildman–Crippen MR) is 84.4 cm³/mol. The summed E-state index contributed by atoms with van der Waals surface area (Å²) in [6.07, 6.45) is 0. The number of halogens is 1. The average molecular weight is 346 g/mol. The van der Waals surface area contributed by atoms with Crippen LogP contribution in [0.3, 0.4) is 0 Å². The van der Waals surface area contributed by atoms with Gasteiger partial charge in [-0.2, -0.15) is 5.26 Å². The van der Waals surface area contributed by atoms with Crippen molar-refractivity contribution in [2.45, 2.75) is 12.3 Å². The van der Waals surface area contributed by atoms with Crippen molar-refractivity contribution in [3.05, 3.63) is 40.1 Å². The van der Waals surface area contributed by atoms with Crippen LogP contribution in [-0.2, 0) is 24.5 Å². The zero-order chi connectivity index (χ0) is 17.6. The van der Waals surface area contributed by atoms with Crippen LogP contribution in [0, 0.1) is 22.7 Å². The Morgan fingerprint density at radius 3 is 2.88 bits per heavy atom. The highest BCUT2D eigenvalue weighted by Gasteiger charge is 2.62. The van der Waals surface area contributed by atoms with Crippen LogP contribution in [-0.4, -0.2) is 24.9 Å². The second-order valence-electron chi connectivity index (χ2n) is 5.40. The summed E-state index contributed by atoms with van der Waals surface area (Å²) in [4.78, 5) is 25.3. The molecule has 2 atom stereocenters. The number of fused-ring (bicyclic) bond motifs is 2. The average Bonchev–Trinajstić information content (AvgIpc) is 2.80. The van der Waals surface area contributed by atoms with Gasteiger partial charge in [-0.1, -0.05) is 11.6 Å². The number of ether oxygens (including phenoxy) is 2. The van der Waals surface area contributed by atoms with E-state index in [-0.39, 0.29) is 11.3 Å². The number of carbonyl (C=O) groups excluding carboxylic acids is 2. The zero-order valence-corrected chi connectivity index (χ0v) is 13.5. The number of rotatable bonds is 1. The molecular formula is C16H12ClN3O4. The van der Waals surface area contributed by atoms with E-state index in [2.05, 4.69) is 5.32 Å². The van der Waals surface area contributed by atoms with Crippen molar-refractivity contribution in [2.75, 3.05) is 12.4 Å². The number of amides is 1. The number of hydrogen-bond acceptors (Lipinski definition) is 6. The van der Waals surface area contributed by atoms with Gasteiger partial charge in [0.1, 0.15) is 17.1 Å². The fourth-order valence-corrected chi connectivity index (χ4v) is 3.46. The zero-order valence-electron chi connectivity index (χ0n) is 12.8. The van der Waals surface area contributed by atoms with E-state index in [0.29, 0.717) is 16.3 Å². The maximum atomic E-state index is 12.9. The minimum absolute atomic E-state index is 0.0429. The van der Waals surface area contributed by atoms with Gasteiger partial charge >= 0.3 is 5.97 Å². The van der Waals surface area contributed by atoms with Gasteiger partial charge in [0, 0.05) is 10.7 Å². The largest absolute Gasteiger partial charge is 0.466 e. The summed E-state index contributed by atoms with van der Waals surface area (Å²) in [7, 11) is 1.17. The van der Waals surface area contributed by atoms with Crippen molar-refractivity contribution >= 4 is 35.1 Å². The van der Waals surface area contributed by atoms with E-state index >= 15 is 0 Å². The molecule has 7 nitrogen and oxygen atoms in total. The molecule has 0 bridgehead atoms. The van der Waals surface area contributed by atoms with Crippen LogP contribution >= 0.6 is 11.6 Å². The molecule has 24 heavy (non-hydrogen) atoms. The van der Waals surface area contributed by atoms with Gasteiger partial charge in [-0.15, -0.1) is 0 Å². The molecule has 0 radical (unpaired) electrons. The normalized spacial score (nSPS) is 25.0. The van der Waals surface area contributed by atoms with E-state index < -0.39 is 29.1 Å². The van der Waals surface area contributed by atoms with Crippen LogP contribution in [0.5, 0.6) is 0 Å². The van der Waals surface area contributed by atoms with E-state index in [4.69, 9.17) is 26.5 Å². The molecule has 1 spiro atoms. The van der Waals surface area contributed by atoms with Gasteiger partial charge in [0.2, 0.25) is 11.8 Å². The molecular weight excluding hydrogens is 334 g/mol. The Morgan fingerprint density at radius 2 is 2.25 bits per heavy atom. The second-order valence-corrected chi connectivity index (χ2v) is 5.84. The maximum absolute atomic E-state index is 12.9. The van der Waals surface area contributed by atoms with Crippen LogP contribution in [0.4, 0.5) is 5.69 Å². The first kappa shape index (κ1) is 16.0. The maximum Gasteiger partial charge on any atom is 0.338 e. The van der Waals surface area contributed by atoms with Gasteiger partial charge in [-0.3, -0.25) is 10.2 Å². The summed E-state index contributed by atoms with van der Waals surface area (Å²) in [6.45, 7) is 1.45. The Morgan fingerprint density at radius 1 is 1.54 bits per heavy atom. The van der Waals surface area contributed by atoms with Crippen LogP contribution in [0.1, 0.15) is 12.5 Å². The number of nitrogens with one attached hydrogen (secondary N) is 2. The van der Waals surface area contributed by atoms with Crippen molar-refractivity contribution in [1.82, 2.24) is 0 Å². The minimum Gasteiger partial charge on any atom is -0.466 e. The third-order valence-corrected chi connectivity index (χ3v) is 4.47. The molecule has 2 heterocycles. The number of esters is 1. The highest BCUT2D eigenvalue weighted by Crippen LogP contribution is 2.52. The number of methoxy groups -OCH3 is 1. The molecule has 0 saturated heterocycles. The number of anilines is 1. The predicted octanol–water partition coefficient (Wildman–Crippen LogP) is 2.12. The molecule has 8 heteroatoms. The summed E-state index contributed by atoms with van der Waals surface area (Å²) in [6, 6.07) is 6.59. The van der Waals surface area contributed by atoms with Crippen LogP contribution in [0.2, 0.25) is 5.02 Å². The lowest BCUT2D eigenvalue weighted by Gasteiger charge is -2.37. The lowest BCUT2D eigenvalue weighted by molar-refractivity contribution is -0.139. The van der Waals surface area contributed by atoms with Gasteiger partial charge in [0.15, 0.2) is 0 Å². The topological polar surface area (TPSA) is 112 Å². The number of nitrogens with zero attached hydrogens (tertiary/aromatic N) is 1. The number of carbonyl (C=O) groups is 2. The minimum atomic E-state index is -1.73. The van der Waals surface area contributed by atoms with Gasteiger partial charge < -0.3 is 14.8 Å². The Labute approximate surface area is 142 Å². The van der Waals surface area contributed by atoms with E-state index in [1.165, 1.54) is 20.1 Å². The first-order chi connectivity index (χ1) is 11.4. The molecule has 2 unspecified atom stereocenters. The van der Waals surface area contributed by atoms with E-state index in [9.17, 15) is 14.9 Å². The SMILES string of the molecule is COC(=O)C1=C(C)OC(=N)C(C#N)C12C(=O)Nc1ccc(Cl)cc12. The van der Waals surface area contributed by atoms with Gasteiger partial charge in [-0.25, -0.2) is 4.79 Å². The fraction of sp³-hybridized carbons (Fsp3) is 0.250. The second kappa shape index (κ2) is 5.35. The van der Waals surface area contributed by atoms with Gasteiger partial charge in [0.25, 0.3) is 0 Å². The summed E-state index contributed by atoms with van der Waals surface area (Å²) in [5.74, 6) is -3.09. The third-order valence-electron chi connectivity index (χ3n) is 4.24. The van der Waals surface area contributed by atoms with Crippen LogP contribution < -0.4 is 5.32 Å². The Hall–Kier alpha value is -2.85. The molecule has 2 aliphatic heterocycles. The Balaban J connectivity index is 2.44. The third kappa shape index (κ3) is 1.87. The van der Waals surface area contributed by atoms with Crippen LogP contribution in [0.15, 0.2) is 29.5 Å². The lowest BCUT2D eigenvalue weighted by Crippen LogP contribution is -2.52. The summed E-state index contributed by atoms with van der Waals surface area (Å²) in [5.41, 5.74) is -1.07. The number of benzene rings is 1. The lowest BCUT2D eigenvalue weighted by atomic mass is 9.64. The molecule has 1 aromatic rings. The fourth-order valence-electron chi connectivity index (χ4n) is 3.29. The molecule has 0 fully saturated rings. The van der Waals surface area contributed by atoms with E-state index in [0.717, 1.165) is 0 Å². The summed E-state index contributed by atoms with van der Waals surface area (Å²) in [5, 5.41) is 20.6. The molecule has 2 N–H and O–H groups in total. The van der Waals surface area contributed by atoms with Crippen molar-refractivity contribution in [3.8, 4) is 6.07 Å². The first-order valence-electron chi connectivity index (χ1n) is 6.95. The molecule has 1 aromatic carbocycles. The van der Waals surface area contributed by atoms with E-state index in [1.807, 2.05) is 6.07 Å². The molecule has 0 aliphatic carbocycles. The molecule has 2 aliphatic rings. The van der Waals surface area contributed by atoms with Gasteiger partial charge in [-0.05, 0) is 30.7 Å². The molecule has 0 saturated carbocycles. The Bertz CT molecular complexity index is 871. The number of nitriles is 1. The Kier molecular flexibility index (Phi) is 3.57. The molecule has 1 amide bonds. The smallest absolute Gasteiger partial charge is 0.338 e. The highest BCUT2D eigenvalue weighted by molar-refractivity contribution is 6.31. The monoisotopic (exact) mass is 345 g/mol. The molecule has 3 rings (SSSR count). The summed E-state index contributed by atoms with van der Waals surface area (Å²) < 4.78 is 10.0. The number of hydrogen-bond donors (Lipinski definition) is 2. The first-order valence-corrected chi connectivity index (χ1v) is 7.32. The quantitative estimate of drug-likeness (QED) is 0.757. The van der Waals surface area contributed by atoms with Crippen molar-refractivity contribution in [2.24, 2.45) is 5.92 Å².